The van der Waals surface area contributed by atoms with Crippen molar-refractivity contribution in [3.63, 3.8) is 0 Å². The van der Waals surface area contributed by atoms with E-state index in [4.69, 9.17) is 0 Å². The molecule has 30 heavy (non-hydrogen) atoms. The Kier molecular flexibility index (Phi) is 5.89. The lowest BCUT2D eigenvalue weighted by molar-refractivity contribution is 1.34. The predicted octanol–water partition coefficient (Wildman–Crippen LogP) is 6.41. The van der Waals surface area contributed by atoms with Crippen LogP contribution in [0.1, 0.15) is 27.8 Å². The van der Waals surface area contributed by atoms with Gasteiger partial charge in [-0.05, 0) is 68.1 Å². The second kappa shape index (κ2) is 8.58. The van der Waals surface area contributed by atoms with Gasteiger partial charge in [0.2, 0.25) is 0 Å². The Bertz CT molecular complexity index is 1040. The Morgan fingerprint density at radius 1 is 0.467 bits per heavy atom. The number of hydrogen-bond acceptors (Lipinski definition) is 0. The zero-order valence-corrected chi connectivity index (χ0v) is 19.3. The van der Waals surface area contributed by atoms with Crippen molar-refractivity contribution in [2.45, 2.75) is 33.9 Å². The predicted molar refractivity (Wildman–Crippen MR) is 134 cm³/mol. The molecule has 1 heteroatoms. The summed E-state index contributed by atoms with van der Waals surface area (Å²) >= 11 is 0. The van der Waals surface area contributed by atoms with Gasteiger partial charge in [0.1, 0.15) is 23.2 Å². The van der Waals surface area contributed by atoms with E-state index in [1.165, 1.54) is 43.7 Å². The molecule has 0 aliphatic carbocycles. The molecule has 0 saturated carbocycles. The Hall–Kier alpha value is -2.69. The molecule has 0 aliphatic heterocycles. The van der Waals surface area contributed by atoms with Crippen LogP contribution in [0.15, 0.2) is 97.1 Å². The van der Waals surface area contributed by atoms with Gasteiger partial charge in [0, 0.05) is 0 Å². The average molecular weight is 410 g/mol. The first-order chi connectivity index (χ1) is 14.5. The fourth-order valence-corrected chi connectivity index (χ4v) is 9.69. The fourth-order valence-electron chi connectivity index (χ4n) is 4.59. The third-order valence-electron chi connectivity index (χ3n) is 6.12. The monoisotopic (exact) mass is 409 g/mol. The van der Waals surface area contributed by atoms with E-state index in [2.05, 4.69) is 125 Å². The summed E-state index contributed by atoms with van der Waals surface area (Å²) in [6.07, 6.45) is 1.04. The van der Waals surface area contributed by atoms with Crippen LogP contribution in [0.25, 0.3) is 0 Å². The summed E-state index contributed by atoms with van der Waals surface area (Å²) in [5, 5.41) is 4.48. The van der Waals surface area contributed by atoms with E-state index >= 15 is 0 Å². The van der Waals surface area contributed by atoms with Crippen LogP contribution in [-0.2, 0) is 6.16 Å². The summed E-state index contributed by atoms with van der Waals surface area (Å²) in [7, 11) is -1.90. The Labute approximate surface area is 182 Å². The number of benzene rings is 4. The highest BCUT2D eigenvalue weighted by Gasteiger charge is 2.48. The van der Waals surface area contributed by atoms with Gasteiger partial charge in [-0.15, -0.1) is 0 Å². The third kappa shape index (κ3) is 3.73. The van der Waals surface area contributed by atoms with Crippen molar-refractivity contribution >= 4 is 23.2 Å². The largest absolute Gasteiger partial charge is 0.117 e. The van der Waals surface area contributed by atoms with Gasteiger partial charge in [-0.3, -0.25) is 0 Å². The first-order valence-electron chi connectivity index (χ1n) is 10.6. The lowest BCUT2D eigenvalue weighted by Crippen LogP contribution is -2.36. The molecule has 0 spiro atoms. The molecule has 0 heterocycles. The molecule has 0 saturated heterocycles. The smallest absolute Gasteiger partial charge is 0.0617 e. The van der Waals surface area contributed by atoms with Crippen LogP contribution in [-0.4, -0.2) is 0 Å². The molecule has 0 N–H and O–H groups in total. The lowest BCUT2D eigenvalue weighted by atomic mass is 10.2. The first-order valence-corrected chi connectivity index (χ1v) is 12.6. The summed E-state index contributed by atoms with van der Waals surface area (Å²) in [6.45, 7) is 8.98. The zero-order chi connectivity index (χ0) is 21.1. The molecule has 0 fully saturated rings. The van der Waals surface area contributed by atoms with Crippen LogP contribution in [0.3, 0.4) is 0 Å². The summed E-state index contributed by atoms with van der Waals surface area (Å²) in [4.78, 5) is 0. The van der Waals surface area contributed by atoms with Gasteiger partial charge in [0.05, 0.1) is 6.16 Å². The van der Waals surface area contributed by atoms with Gasteiger partial charge in [-0.1, -0.05) is 84.4 Å². The van der Waals surface area contributed by atoms with Crippen molar-refractivity contribution in [2.24, 2.45) is 0 Å². The van der Waals surface area contributed by atoms with Crippen LogP contribution in [0.5, 0.6) is 0 Å². The highest BCUT2D eigenvalue weighted by atomic mass is 31.2. The Morgan fingerprint density at radius 2 is 0.833 bits per heavy atom. The van der Waals surface area contributed by atoms with Gasteiger partial charge >= 0.3 is 0 Å². The summed E-state index contributed by atoms with van der Waals surface area (Å²) in [5.41, 5.74) is 6.85. The highest BCUT2D eigenvalue weighted by molar-refractivity contribution is 7.95. The average Bonchev–Trinajstić information content (AvgIpc) is 2.75. The van der Waals surface area contributed by atoms with Gasteiger partial charge in [0.15, 0.2) is 0 Å². The molecule has 150 valence electrons. The van der Waals surface area contributed by atoms with Crippen molar-refractivity contribution < 1.29 is 0 Å². The van der Waals surface area contributed by atoms with Crippen LogP contribution in [0.2, 0.25) is 0 Å². The standard InChI is InChI=1S/C29H30P/c1-22-17-19-26(20-18-22)21-30(27-14-8-5-11-23(27)2,28-15-9-6-12-24(28)3)29-16-10-7-13-25(29)4/h5-20H,21H2,1-4H3/q+1. The minimum absolute atomic E-state index is 1.04. The first kappa shape index (κ1) is 20.6. The summed E-state index contributed by atoms with van der Waals surface area (Å²) in [6, 6.07) is 36.2. The van der Waals surface area contributed by atoms with E-state index in [1.54, 1.807) is 0 Å². The topological polar surface area (TPSA) is 0 Å². The van der Waals surface area contributed by atoms with E-state index in [-0.39, 0.29) is 0 Å². The fraction of sp³-hybridized carbons (Fsp3) is 0.172. The quantitative estimate of drug-likeness (QED) is 0.334. The lowest BCUT2D eigenvalue weighted by Gasteiger charge is -2.31. The Balaban J connectivity index is 2.10. The van der Waals surface area contributed by atoms with Gasteiger partial charge < -0.3 is 0 Å². The number of rotatable bonds is 5. The number of aryl methyl sites for hydroxylation is 4. The van der Waals surface area contributed by atoms with E-state index in [0.717, 1.165) is 6.16 Å². The van der Waals surface area contributed by atoms with Crippen LogP contribution >= 0.6 is 7.26 Å². The maximum atomic E-state index is 2.37. The summed E-state index contributed by atoms with van der Waals surface area (Å²) < 4.78 is 0. The van der Waals surface area contributed by atoms with Crippen molar-refractivity contribution in [2.75, 3.05) is 0 Å². The van der Waals surface area contributed by atoms with Gasteiger partial charge in [-0.25, -0.2) is 0 Å². The maximum absolute atomic E-state index is 2.37. The molecule has 0 aliphatic rings. The highest BCUT2D eigenvalue weighted by Crippen LogP contribution is 2.59. The van der Waals surface area contributed by atoms with E-state index in [9.17, 15) is 0 Å². The van der Waals surface area contributed by atoms with Crippen molar-refractivity contribution in [3.05, 3.63) is 125 Å². The molecule has 0 unspecified atom stereocenters. The van der Waals surface area contributed by atoms with E-state index in [0.29, 0.717) is 0 Å². The maximum Gasteiger partial charge on any atom is 0.117 e. The molecule has 4 aromatic carbocycles. The molecule has 4 rings (SSSR count). The summed E-state index contributed by atoms with van der Waals surface area (Å²) in [5.74, 6) is 0. The molecule has 0 amide bonds. The molecule has 0 aromatic heterocycles. The molecule has 0 radical (unpaired) electrons. The van der Waals surface area contributed by atoms with Crippen molar-refractivity contribution in [3.8, 4) is 0 Å². The van der Waals surface area contributed by atoms with Gasteiger partial charge in [0.25, 0.3) is 0 Å². The minimum Gasteiger partial charge on any atom is -0.0617 e. The van der Waals surface area contributed by atoms with Crippen LogP contribution in [0, 0.1) is 27.7 Å². The minimum atomic E-state index is -1.90. The normalized spacial score (nSPS) is 11.5. The second-order valence-electron chi connectivity index (χ2n) is 8.31. The van der Waals surface area contributed by atoms with E-state index in [1.807, 2.05) is 0 Å². The zero-order valence-electron chi connectivity index (χ0n) is 18.4. The molecule has 0 atom stereocenters. The molecular weight excluding hydrogens is 379 g/mol. The third-order valence-corrected chi connectivity index (χ3v) is 10.9. The second-order valence-corrected chi connectivity index (χ2v) is 11.7. The van der Waals surface area contributed by atoms with Crippen molar-refractivity contribution in [1.82, 2.24) is 0 Å². The van der Waals surface area contributed by atoms with E-state index < -0.39 is 7.26 Å². The molecule has 4 aromatic rings. The number of hydrogen-bond donors (Lipinski definition) is 0. The molecular formula is C29H30P+. The Morgan fingerprint density at radius 3 is 1.20 bits per heavy atom. The molecule has 0 nitrogen and oxygen atoms in total. The van der Waals surface area contributed by atoms with Crippen LogP contribution in [0.4, 0.5) is 0 Å². The molecule has 0 bridgehead atoms. The van der Waals surface area contributed by atoms with Crippen LogP contribution < -0.4 is 15.9 Å². The van der Waals surface area contributed by atoms with Gasteiger partial charge in [-0.2, -0.15) is 0 Å². The SMILES string of the molecule is Cc1ccc(C[P+](c2ccccc2C)(c2ccccc2C)c2ccccc2C)cc1. The van der Waals surface area contributed by atoms with Crippen molar-refractivity contribution in [1.29, 1.82) is 0 Å².